The van der Waals surface area contributed by atoms with Crippen molar-refractivity contribution in [1.82, 2.24) is 0 Å². The number of hydrogen-bond acceptors (Lipinski definition) is 6. The van der Waals surface area contributed by atoms with Crippen LogP contribution in [-0.4, -0.2) is 33.3 Å². The Morgan fingerprint density at radius 3 is 2.57 bits per heavy atom. The van der Waals surface area contributed by atoms with Gasteiger partial charge in [0.05, 0.1) is 7.11 Å². The maximum Gasteiger partial charge on any atom is 0.323 e. The highest BCUT2D eigenvalue weighted by atomic mass is 32.1. The van der Waals surface area contributed by atoms with Crippen molar-refractivity contribution < 1.29 is 19.0 Å². The number of nitrogens with two attached hydrogens (primary N) is 1. The van der Waals surface area contributed by atoms with Crippen LogP contribution in [0.1, 0.15) is 16.7 Å². The van der Waals surface area contributed by atoms with Crippen LogP contribution < -0.4 is 5.73 Å². The average Bonchev–Trinajstić information content (AvgIpc) is 3.04. The van der Waals surface area contributed by atoms with Crippen molar-refractivity contribution in [2.24, 2.45) is 5.73 Å². The first-order valence-electron chi connectivity index (χ1n) is 7.17. The second-order valence-electron chi connectivity index (χ2n) is 5.03. The predicted molar refractivity (Wildman–Crippen MR) is 90.2 cm³/mol. The molecule has 0 amide bonds. The molecule has 0 aliphatic rings. The first-order valence-corrected chi connectivity index (χ1v) is 7.98. The van der Waals surface area contributed by atoms with Gasteiger partial charge in [-0.15, -0.1) is 11.3 Å². The van der Waals surface area contributed by atoms with Crippen molar-refractivity contribution in [3.05, 3.63) is 46.8 Å². The van der Waals surface area contributed by atoms with Gasteiger partial charge >= 0.3 is 5.97 Å². The van der Waals surface area contributed by atoms with Gasteiger partial charge in [0.1, 0.15) is 6.04 Å². The number of thiophene rings is 1. The topological polar surface area (TPSA) is 70.8 Å². The molecule has 0 fully saturated rings. The van der Waals surface area contributed by atoms with Gasteiger partial charge in [0.2, 0.25) is 0 Å². The molecule has 5 nitrogen and oxygen atoms in total. The molecule has 2 N–H and O–H groups in total. The van der Waals surface area contributed by atoms with E-state index in [1.54, 1.807) is 25.6 Å². The molecular formula is C17H21NO4S. The standard InChI is InChI=1S/C17H21NO4S/c1-20-16(19)14(18)10-13-7-8-15(23-13)11-5-4-6-12(9-11)17(21-2)22-3/h4-9,14,17H,10,18H2,1-3H3. The molecule has 1 heterocycles. The fraction of sp³-hybridized carbons (Fsp3) is 0.353. The lowest BCUT2D eigenvalue weighted by Crippen LogP contribution is -2.33. The van der Waals surface area contributed by atoms with Crippen LogP contribution in [0.4, 0.5) is 0 Å². The third kappa shape index (κ3) is 4.39. The van der Waals surface area contributed by atoms with Crippen LogP contribution in [-0.2, 0) is 25.4 Å². The van der Waals surface area contributed by atoms with E-state index in [4.69, 9.17) is 15.2 Å². The molecular weight excluding hydrogens is 314 g/mol. The van der Waals surface area contributed by atoms with Gasteiger partial charge in [0.25, 0.3) is 0 Å². The molecule has 1 atom stereocenters. The van der Waals surface area contributed by atoms with E-state index in [9.17, 15) is 4.79 Å². The highest BCUT2D eigenvalue weighted by molar-refractivity contribution is 7.15. The number of carbonyl (C=O) groups excluding carboxylic acids is 1. The molecule has 0 saturated carbocycles. The van der Waals surface area contributed by atoms with Crippen molar-refractivity contribution in [2.45, 2.75) is 18.8 Å². The Kier molecular flexibility index (Phi) is 6.29. The lowest BCUT2D eigenvalue weighted by atomic mass is 10.1. The first kappa shape index (κ1) is 17.6. The van der Waals surface area contributed by atoms with Gasteiger partial charge in [-0.25, -0.2) is 0 Å². The Bertz CT molecular complexity index is 652. The fourth-order valence-electron chi connectivity index (χ4n) is 2.30. The molecule has 0 saturated heterocycles. The van der Waals surface area contributed by atoms with E-state index in [1.807, 2.05) is 36.4 Å². The number of rotatable bonds is 7. The number of hydrogen-bond donors (Lipinski definition) is 1. The maximum absolute atomic E-state index is 11.4. The minimum atomic E-state index is -0.635. The zero-order valence-corrected chi connectivity index (χ0v) is 14.3. The minimum Gasteiger partial charge on any atom is -0.468 e. The van der Waals surface area contributed by atoms with Crippen LogP contribution in [0.2, 0.25) is 0 Å². The first-order chi connectivity index (χ1) is 11.1. The van der Waals surface area contributed by atoms with Crippen molar-refractivity contribution in [3.63, 3.8) is 0 Å². The SMILES string of the molecule is COC(=O)C(N)Cc1ccc(-c2cccc(C(OC)OC)c2)s1. The summed E-state index contributed by atoms with van der Waals surface area (Å²) in [4.78, 5) is 13.6. The molecule has 124 valence electrons. The lowest BCUT2D eigenvalue weighted by Gasteiger charge is -2.14. The van der Waals surface area contributed by atoms with Crippen LogP contribution >= 0.6 is 11.3 Å². The van der Waals surface area contributed by atoms with E-state index < -0.39 is 12.0 Å². The Labute approximate surface area is 140 Å². The Hall–Kier alpha value is -1.73. The smallest absolute Gasteiger partial charge is 0.323 e. The van der Waals surface area contributed by atoms with Crippen LogP contribution in [0.25, 0.3) is 10.4 Å². The molecule has 2 aromatic rings. The molecule has 1 aromatic heterocycles. The summed E-state index contributed by atoms with van der Waals surface area (Å²) in [5, 5.41) is 0. The molecule has 1 aromatic carbocycles. The predicted octanol–water partition coefficient (Wildman–Crippen LogP) is 2.75. The molecule has 0 aliphatic carbocycles. The van der Waals surface area contributed by atoms with Crippen LogP contribution in [0, 0.1) is 0 Å². The van der Waals surface area contributed by atoms with Crippen molar-refractivity contribution in [3.8, 4) is 10.4 Å². The molecule has 1 unspecified atom stereocenters. The third-order valence-electron chi connectivity index (χ3n) is 3.46. The summed E-state index contributed by atoms with van der Waals surface area (Å²) < 4.78 is 15.2. The van der Waals surface area contributed by atoms with Crippen molar-refractivity contribution in [2.75, 3.05) is 21.3 Å². The van der Waals surface area contributed by atoms with E-state index in [-0.39, 0.29) is 6.29 Å². The van der Waals surface area contributed by atoms with Crippen LogP contribution in [0.15, 0.2) is 36.4 Å². The maximum atomic E-state index is 11.4. The number of ether oxygens (including phenoxy) is 3. The quantitative estimate of drug-likeness (QED) is 0.622. The fourth-order valence-corrected chi connectivity index (χ4v) is 3.36. The normalized spacial score (nSPS) is 12.4. The van der Waals surface area contributed by atoms with E-state index in [2.05, 4.69) is 4.74 Å². The van der Waals surface area contributed by atoms with Gasteiger partial charge in [-0.2, -0.15) is 0 Å². The number of benzene rings is 1. The highest BCUT2D eigenvalue weighted by Crippen LogP contribution is 2.31. The van der Waals surface area contributed by atoms with Crippen molar-refractivity contribution in [1.29, 1.82) is 0 Å². The van der Waals surface area contributed by atoms with Gasteiger partial charge in [-0.05, 0) is 23.8 Å². The van der Waals surface area contributed by atoms with Crippen LogP contribution in [0.3, 0.4) is 0 Å². The summed E-state index contributed by atoms with van der Waals surface area (Å²) in [6, 6.07) is 11.4. The van der Waals surface area contributed by atoms with Gasteiger partial charge in [0.15, 0.2) is 6.29 Å². The third-order valence-corrected chi connectivity index (χ3v) is 4.61. The summed E-state index contributed by atoms with van der Waals surface area (Å²) in [5.74, 6) is -0.398. The van der Waals surface area contributed by atoms with E-state index in [0.29, 0.717) is 6.42 Å². The molecule has 6 heteroatoms. The van der Waals surface area contributed by atoms with Gasteiger partial charge in [0, 0.05) is 36.0 Å². The number of carbonyl (C=O) groups is 1. The number of methoxy groups -OCH3 is 3. The summed E-state index contributed by atoms with van der Waals surface area (Å²) in [7, 11) is 4.56. The Balaban J connectivity index is 2.17. The van der Waals surface area contributed by atoms with Crippen molar-refractivity contribution >= 4 is 17.3 Å². The highest BCUT2D eigenvalue weighted by Gasteiger charge is 2.16. The van der Waals surface area contributed by atoms with Gasteiger partial charge < -0.3 is 19.9 Å². The summed E-state index contributed by atoms with van der Waals surface area (Å²) in [5.41, 5.74) is 7.83. The lowest BCUT2D eigenvalue weighted by molar-refractivity contribution is -0.142. The molecule has 23 heavy (non-hydrogen) atoms. The van der Waals surface area contributed by atoms with Gasteiger partial charge in [-0.3, -0.25) is 4.79 Å². The second kappa shape index (κ2) is 8.21. The molecule has 2 rings (SSSR count). The van der Waals surface area contributed by atoms with E-state index in [1.165, 1.54) is 7.11 Å². The summed E-state index contributed by atoms with van der Waals surface area (Å²) in [6.07, 6.45) is 0.0811. The summed E-state index contributed by atoms with van der Waals surface area (Å²) >= 11 is 1.61. The Morgan fingerprint density at radius 1 is 1.17 bits per heavy atom. The average molecular weight is 335 g/mol. The number of esters is 1. The monoisotopic (exact) mass is 335 g/mol. The molecule has 0 aliphatic heterocycles. The van der Waals surface area contributed by atoms with E-state index in [0.717, 1.165) is 20.9 Å². The summed E-state index contributed by atoms with van der Waals surface area (Å²) in [6.45, 7) is 0. The molecule has 0 bridgehead atoms. The Morgan fingerprint density at radius 2 is 1.91 bits per heavy atom. The van der Waals surface area contributed by atoms with E-state index >= 15 is 0 Å². The van der Waals surface area contributed by atoms with Gasteiger partial charge in [-0.1, -0.05) is 18.2 Å². The molecule has 0 spiro atoms. The second-order valence-corrected chi connectivity index (χ2v) is 6.20. The largest absolute Gasteiger partial charge is 0.468 e. The minimum absolute atomic E-state index is 0.387. The van der Waals surface area contributed by atoms with Crippen LogP contribution in [0.5, 0.6) is 0 Å². The zero-order chi connectivity index (χ0) is 16.8. The molecule has 0 radical (unpaired) electrons. The zero-order valence-electron chi connectivity index (χ0n) is 13.4.